The number of carbonyl (C=O) groups is 2. The molecule has 5 nitrogen and oxygen atoms in total. The Morgan fingerprint density at radius 3 is 2.62 bits per heavy atom. The molecule has 112 valence electrons. The predicted octanol–water partition coefficient (Wildman–Crippen LogP) is 2.47. The third-order valence-corrected chi connectivity index (χ3v) is 4.55. The number of halogens is 1. The molecule has 2 fully saturated rings. The summed E-state index contributed by atoms with van der Waals surface area (Å²) < 4.78 is 5.60. The molecule has 2 aliphatic rings. The van der Waals surface area contributed by atoms with E-state index < -0.39 is 17.8 Å². The van der Waals surface area contributed by atoms with Crippen molar-refractivity contribution in [1.82, 2.24) is 0 Å². The number of carboxylic acid groups (broad SMARTS) is 1. The van der Waals surface area contributed by atoms with Crippen LogP contribution in [0.4, 0.5) is 5.69 Å². The van der Waals surface area contributed by atoms with E-state index in [4.69, 9.17) is 16.3 Å². The summed E-state index contributed by atoms with van der Waals surface area (Å²) >= 11 is 5.93. The van der Waals surface area contributed by atoms with Crippen molar-refractivity contribution in [2.45, 2.75) is 32.0 Å². The molecule has 0 aromatic heterocycles. The highest BCUT2D eigenvalue weighted by Gasteiger charge is 2.55. The smallest absolute Gasteiger partial charge is 0.310 e. The first-order valence-electron chi connectivity index (χ1n) is 6.92. The van der Waals surface area contributed by atoms with Crippen molar-refractivity contribution in [3.63, 3.8) is 0 Å². The lowest BCUT2D eigenvalue weighted by Gasteiger charge is -2.24. The van der Waals surface area contributed by atoms with Crippen molar-refractivity contribution in [2.75, 3.05) is 5.32 Å². The molecule has 2 aliphatic heterocycles. The van der Waals surface area contributed by atoms with Gasteiger partial charge in [0.15, 0.2) is 0 Å². The molecule has 0 spiro atoms. The molecule has 6 heteroatoms. The van der Waals surface area contributed by atoms with Crippen LogP contribution < -0.4 is 5.32 Å². The highest BCUT2D eigenvalue weighted by molar-refractivity contribution is 6.31. The number of aryl methyl sites for hydroxylation is 1. The highest BCUT2D eigenvalue weighted by atomic mass is 35.5. The fraction of sp³-hybridized carbons (Fsp3) is 0.467. The standard InChI is InChI=1S/C15H16ClNO4/c1-7-2-3-8(16)6-9(7)17-14(18)12-10-4-5-11(21-10)13(12)15(19)20/h2-3,6,10-13H,4-5H2,1H3,(H,17,18)(H,19,20)/t10-,11+,12-,13-/m0/s1. The molecule has 0 unspecified atom stereocenters. The Bertz CT molecular complexity index is 603. The van der Waals surface area contributed by atoms with Gasteiger partial charge in [-0.3, -0.25) is 9.59 Å². The van der Waals surface area contributed by atoms with Gasteiger partial charge in [-0.1, -0.05) is 17.7 Å². The van der Waals surface area contributed by atoms with Crippen molar-refractivity contribution >= 4 is 29.2 Å². The second-order valence-corrected chi connectivity index (χ2v) is 6.07. The van der Waals surface area contributed by atoms with Crippen molar-refractivity contribution in [1.29, 1.82) is 0 Å². The van der Waals surface area contributed by atoms with Crippen LogP contribution in [0.3, 0.4) is 0 Å². The third kappa shape index (κ3) is 2.51. The van der Waals surface area contributed by atoms with Gasteiger partial charge in [0, 0.05) is 10.7 Å². The van der Waals surface area contributed by atoms with Crippen LogP contribution >= 0.6 is 11.6 Å². The molecule has 4 atom stereocenters. The SMILES string of the molecule is Cc1ccc(Cl)cc1NC(=O)[C@@H]1[C@@H](C(=O)O)[C@H]2CC[C@@H]1O2. The Morgan fingerprint density at radius 1 is 1.29 bits per heavy atom. The van der Waals surface area contributed by atoms with Crippen molar-refractivity contribution in [3.8, 4) is 0 Å². The summed E-state index contributed by atoms with van der Waals surface area (Å²) in [6.07, 6.45) is 0.808. The van der Waals surface area contributed by atoms with Gasteiger partial charge in [-0.05, 0) is 37.5 Å². The Balaban J connectivity index is 1.81. The fourth-order valence-corrected chi connectivity index (χ4v) is 3.44. The molecule has 1 amide bonds. The van der Waals surface area contributed by atoms with E-state index >= 15 is 0 Å². The molecule has 1 aromatic rings. The predicted molar refractivity (Wildman–Crippen MR) is 77.3 cm³/mol. The number of rotatable bonds is 3. The molecular weight excluding hydrogens is 294 g/mol. The molecule has 21 heavy (non-hydrogen) atoms. The number of aliphatic carboxylic acids is 1. The Labute approximate surface area is 127 Å². The maximum atomic E-state index is 12.5. The Hall–Kier alpha value is -1.59. The summed E-state index contributed by atoms with van der Waals surface area (Å²) in [7, 11) is 0. The first-order valence-corrected chi connectivity index (χ1v) is 7.30. The molecule has 2 heterocycles. The lowest BCUT2D eigenvalue weighted by Crippen LogP contribution is -2.41. The van der Waals surface area contributed by atoms with Crippen LogP contribution in [0, 0.1) is 18.8 Å². The summed E-state index contributed by atoms with van der Waals surface area (Å²) in [6.45, 7) is 1.86. The summed E-state index contributed by atoms with van der Waals surface area (Å²) in [4.78, 5) is 23.9. The van der Waals surface area contributed by atoms with Gasteiger partial charge in [0.1, 0.15) is 0 Å². The molecule has 3 rings (SSSR count). The lowest BCUT2D eigenvalue weighted by atomic mass is 9.78. The highest BCUT2D eigenvalue weighted by Crippen LogP contribution is 2.44. The zero-order valence-electron chi connectivity index (χ0n) is 11.5. The minimum Gasteiger partial charge on any atom is -0.481 e. The summed E-state index contributed by atoms with van der Waals surface area (Å²) in [5.41, 5.74) is 1.49. The van der Waals surface area contributed by atoms with Gasteiger partial charge in [0.05, 0.1) is 24.0 Å². The molecule has 2 saturated heterocycles. The number of anilines is 1. The van der Waals surface area contributed by atoms with Gasteiger partial charge in [-0.2, -0.15) is 0 Å². The molecule has 2 N–H and O–H groups in total. The van der Waals surface area contributed by atoms with Gasteiger partial charge < -0.3 is 15.2 Å². The summed E-state index contributed by atoms with van der Waals surface area (Å²) in [5, 5.41) is 12.7. The van der Waals surface area contributed by atoms with E-state index in [-0.39, 0.29) is 18.1 Å². The number of benzene rings is 1. The molecule has 1 aromatic carbocycles. The monoisotopic (exact) mass is 309 g/mol. The number of hydrogen-bond donors (Lipinski definition) is 2. The number of hydrogen-bond acceptors (Lipinski definition) is 3. The Morgan fingerprint density at radius 2 is 1.95 bits per heavy atom. The van der Waals surface area contributed by atoms with E-state index in [1.165, 1.54) is 0 Å². The Kier molecular flexibility index (Phi) is 3.63. The second kappa shape index (κ2) is 5.31. The topological polar surface area (TPSA) is 75.6 Å². The third-order valence-electron chi connectivity index (χ3n) is 4.32. The number of fused-ring (bicyclic) bond motifs is 2. The van der Waals surface area contributed by atoms with Gasteiger partial charge in [-0.15, -0.1) is 0 Å². The normalized spacial score (nSPS) is 30.4. The van der Waals surface area contributed by atoms with E-state index in [9.17, 15) is 14.7 Å². The van der Waals surface area contributed by atoms with Crippen molar-refractivity contribution in [2.24, 2.45) is 11.8 Å². The number of nitrogens with one attached hydrogen (secondary N) is 1. The van der Waals surface area contributed by atoms with Crippen LogP contribution in [0.5, 0.6) is 0 Å². The number of ether oxygens (including phenoxy) is 1. The lowest BCUT2D eigenvalue weighted by molar-refractivity contribution is -0.147. The average Bonchev–Trinajstić information content (AvgIpc) is 3.03. The van der Waals surface area contributed by atoms with Crippen LogP contribution in [0.1, 0.15) is 18.4 Å². The maximum absolute atomic E-state index is 12.5. The molecule has 2 bridgehead atoms. The van der Waals surface area contributed by atoms with Crippen LogP contribution in [-0.4, -0.2) is 29.2 Å². The minimum absolute atomic E-state index is 0.296. The maximum Gasteiger partial charge on any atom is 0.310 e. The van der Waals surface area contributed by atoms with Crippen LogP contribution in [0.15, 0.2) is 18.2 Å². The van der Waals surface area contributed by atoms with Crippen LogP contribution in [0.25, 0.3) is 0 Å². The first kappa shape index (κ1) is 14.4. The number of amides is 1. The van der Waals surface area contributed by atoms with Gasteiger partial charge in [0.2, 0.25) is 5.91 Å². The quantitative estimate of drug-likeness (QED) is 0.899. The zero-order valence-corrected chi connectivity index (χ0v) is 12.3. The second-order valence-electron chi connectivity index (χ2n) is 5.63. The minimum atomic E-state index is -0.967. The van der Waals surface area contributed by atoms with E-state index in [1.807, 2.05) is 13.0 Å². The fourth-order valence-electron chi connectivity index (χ4n) is 3.27. The summed E-state index contributed by atoms with van der Waals surface area (Å²) in [5.74, 6) is -2.67. The first-order chi connectivity index (χ1) is 9.97. The van der Waals surface area contributed by atoms with E-state index in [1.54, 1.807) is 12.1 Å². The van der Waals surface area contributed by atoms with Crippen LogP contribution in [0.2, 0.25) is 5.02 Å². The number of carbonyl (C=O) groups excluding carboxylic acids is 1. The van der Waals surface area contributed by atoms with Gasteiger partial charge in [0.25, 0.3) is 0 Å². The van der Waals surface area contributed by atoms with Crippen LogP contribution in [-0.2, 0) is 14.3 Å². The van der Waals surface area contributed by atoms with Crippen molar-refractivity contribution in [3.05, 3.63) is 28.8 Å². The van der Waals surface area contributed by atoms with E-state index in [0.717, 1.165) is 12.0 Å². The summed E-state index contributed by atoms with van der Waals surface area (Å²) in [6, 6.07) is 5.22. The average molecular weight is 310 g/mol. The van der Waals surface area contributed by atoms with Crippen molar-refractivity contribution < 1.29 is 19.4 Å². The van der Waals surface area contributed by atoms with E-state index in [0.29, 0.717) is 17.1 Å². The molecular formula is C15H16ClNO4. The van der Waals surface area contributed by atoms with Gasteiger partial charge >= 0.3 is 5.97 Å². The molecule has 0 aliphatic carbocycles. The largest absolute Gasteiger partial charge is 0.481 e. The number of carboxylic acids is 1. The molecule has 0 radical (unpaired) electrons. The molecule has 0 saturated carbocycles. The van der Waals surface area contributed by atoms with Gasteiger partial charge in [-0.25, -0.2) is 0 Å². The zero-order chi connectivity index (χ0) is 15.1. The van der Waals surface area contributed by atoms with E-state index in [2.05, 4.69) is 5.32 Å².